The first kappa shape index (κ1) is 19.3. The van der Waals surface area contributed by atoms with E-state index in [0.717, 1.165) is 0 Å². The molecule has 0 radical (unpaired) electrons. The second kappa shape index (κ2) is 8.08. The van der Waals surface area contributed by atoms with Crippen molar-refractivity contribution >= 4 is 11.8 Å². The van der Waals surface area contributed by atoms with Crippen LogP contribution in [0.3, 0.4) is 0 Å². The third-order valence-electron chi connectivity index (χ3n) is 4.88. The van der Waals surface area contributed by atoms with Gasteiger partial charge in [0.1, 0.15) is 5.56 Å². The third kappa shape index (κ3) is 3.97. The minimum Gasteiger partial charge on any atom is -0.481 e. The zero-order valence-corrected chi connectivity index (χ0v) is 15.6. The van der Waals surface area contributed by atoms with Gasteiger partial charge in [0.25, 0.3) is 11.8 Å². The molecule has 1 atom stereocenters. The van der Waals surface area contributed by atoms with Gasteiger partial charge in [-0.15, -0.1) is 0 Å². The summed E-state index contributed by atoms with van der Waals surface area (Å²) in [7, 11) is 2.86. The van der Waals surface area contributed by atoms with Crippen LogP contribution in [-0.2, 0) is 9.53 Å². The smallest absolute Gasteiger partial charge is 0.262 e. The number of ether oxygens (including phenoxy) is 3. The standard InChI is InChI=1S/C18H24FN3O5/c1-25-14-5-4-13(15(20-14)26-2)16(23)22-7-3-6-18(19,12-22)17(24)21-8-10-27-11-9-21/h4-5H,3,6-12H2,1-2H3. The van der Waals surface area contributed by atoms with Crippen molar-refractivity contribution in [1.82, 2.24) is 14.8 Å². The molecule has 27 heavy (non-hydrogen) atoms. The van der Waals surface area contributed by atoms with Crippen LogP contribution >= 0.6 is 0 Å². The van der Waals surface area contributed by atoms with Crippen LogP contribution in [0.1, 0.15) is 23.2 Å². The van der Waals surface area contributed by atoms with Crippen molar-refractivity contribution in [2.24, 2.45) is 0 Å². The van der Waals surface area contributed by atoms with Crippen LogP contribution in [0, 0.1) is 0 Å². The van der Waals surface area contributed by atoms with Gasteiger partial charge in [0.05, 0.1) is 34.0 Å². The summed E-state index contributed by atoms with van der Waals surface area (Å²) in [6, 6.07) is 3.08. The highest BCUT2D eigenvalue weighted by Crippen LogP contribution is 2.30. The lowest BCUT2D eigenvalue weighted by Gasteiger charge is -2.40. The number of nitrogens with zero attached hydrogens (tertiary/aromatic N) is 3. The molecule has 1 aromatic heterocycles. The molecule has 148 valence electrons. The number of morpholine rings is 1. The van der Waals surface area contributed by atoms with E-state index >= 15 is 4.39 Å². The first-order valence-electron chi connectivity index (χ1n) is 8.93. The van der Waals surface area contributed by atoms with E-state index in [2.05, 4.69) is 4.98 Å². The van der Waals surface area contributed by atoms with Crippen molar-refractivity contribution in [3.63, 3.8) is 0 Å². The highest BCUT2D eigenvalue weighted by molar-refractivity contribution is 5.97. The summed E-state index contributed by atoms with van der Waals surface area (Å²) in [5.74, 6) is -0.570. The Morgan fingerprint density at radius 1 is 1.15 bits per heavy atom. The van der Waals surface area contributed by atoms with E-state index in [9.17, 15) is 9.59 Å². The van der Waals surface area contributed by atoms with Gasteiger partial charge in [0.15, 0.2) is 0 Å². The molecule has 2 fully saturated rings. The Bertz CT molecular complexity index is 710. The zero-order chi connectivity index (χ0) is 19.4. The summed E-state index contributed by atoms with van der Waals surface area (Å²) in [5, 5.41) is 0. The highest BCUT2D eigenvalue weighted by atomic mass is 19.1. The largest absolute Gasteiger partial charge is 0.481 e. The summed E-state index contributed by atoms with van der Waals surface area (Å²) in [6.07, 6.45) is 0.509. The second-order valence-electron chi connectivity index (χ2n) is 6.61. The molecule has 1 unspecified atom stereocenters. The van der Waals surface area contributed by atoms with Crippen molar-refractivity contribution in [1.29, 1.82) is 0 Å². The fourth-order valence-corrected chi connectivity index (χ4v) is 3.43. The zero-order valence-electron chi connectivity index (χ0n) is 15.6. The van der Waals surface area contributed by atoms with Crippen molar-refractivity contribution in [2.45, 2.75) is 18.5 Å². The molecule has 0 spiro atoms. The number of carbonyl (C=O) groups excluding carboxylic acids is 2. The Morgan fingerprint density at radius 2 is 1.89 bits per heavy atom. The van der Waals surface area contributed by atoms with Crippen LogP contribution in [0.4, 0.5) is 4.39 Å². The predicted octanol–water partition coefficient (Wildman–Crippen LogP) is 0.902. The van der Waals surface area contributed by atoms with Crippen LogP contribution in [0.2, 0.25) is 0 Å². The summed E-state index contributed by atoms with van der Waals surface area (Å²) >= 11 is 0. The maximum atomic E-state index is 15.5. The van der Waals surface area contributed by atoms with Gasteiger partial charge in [0.2, 0.25) is 17.4 Å². The summed E-state index contributed by atoms with van der Waals surface area (Å²) < 4.78 is 30.9. The van der Waals surface area contributed by atoms with Gasteiger partial charge in [0, 0.05) is 25.7 Å². The van der Waals surface area contributed by atoms with Gasteiger partial charge in [-0.25, -0.2) is 4.39 Å². The third-order valence-corrected chi connectivity index (χ3v) is 4.88. The summed E-state index contributed by atoms with van der Waals surface area (Å²) in [6.45, 7) is 1.63. The first-order valence-corrected chi connectivity index (χ1v) is 8.93. The molecular formula is C18H24FN3O5. The lowest BCUT2D eigenvalue weighted by molar-refractivity contribution is -0.151. The van der Waals surface area contributed by atoms with Gasteiger partial charge in [-0.3, -0.25) is 9.59 Å². The van der Waals surface area contributed by atoms with E-state index in [1.165, 1.54) is 30.1 Å². The van der Waals surface area contributed by atoms with E-state index < -0.39 is 17.5 Å². The highest BCUT2D eigenvalue weighted by Gasteiger charge is 2.46. The minimum absolute atomic E-state index is 0.102. The van der Waals surface area contributed by atoms with E-state index in [0.29, 0.717) is 45.1 Å². The molecular weight excluding hydrogens is 357 g/mol. The lowest BCUT2D eigenvalue weighted by Crippen LogP contribution is -2.58. The molecule has 2 amide bonds. The number of rotatable bonds is 4. The number of piperidine rings is 1. The van der Waals surface area contributed by atoms with E-state index in [-0.39, 0.29) is 24.4 Å². The average molecular weight is 381 g/mol. The number of hydrogen-bond donors (Lipinski definition) is 0. The Labute approximate surface area is 157 Å². The van der Waals surface area contributed by atoms with Crippen LogP contribution in [-0.4, -0.2) is 85.9 Å². The van der Waals surface area contributed by atoms with Gasteiger partial charge in [-0.2, -0.15) is 4.98 Å². The van der Waals surface area contributed by atoms with Gasteiger partial charge < -0.3 is 24.0 Å². The number of alkyl halides is 1. The van der Waals surface area contributed by atoms with Crippen LogP contribution in [0.5, 0.6) is 11.8 Å². The van der Waals surface area contributed by atoms with Crippen LogP contribution < -0.4 is 9.47 Å². The first-order chi connectivity index (χ1) is 13.0. The molecule has 0 N–H and O–H groups in total. The number of methoxy groups -OCH3 is 2. The normalized spacial score (nSPS) is 23.1. The second-order valence-corrected chi connectivity index (χ2v) is 6.61. The van der Waals surface area contributed by atoms with Crippen molar-refractivity contribution < 1.29 is 28.2 Å². The molecule has 0 aromatic carbocycles. The van der Waals surface area contributed by atoms with E-state index in [1.54, 1.807) is 6.07 Å². The minimum atomic E-state index is -2.08. The number of amides is 2. The summed E-state index contributed by atoms with van der Waals surface area (Å²) in [4.78, 5) is 32.5. The monoisotopic (exact) mass is 381 g/mol. The van der Waals surface area contributed by atoms with Crippen molar-refractivity contribution in [2.75, 3.05) is 53.6 Å². The fraction of sp³-hybridized carbons (Fsp3) is 0.611. The topological polar surface area (TPSA) is 81.2 Å². The maximum Gasteiger partial charge on any atom is 0.262 e. The number of pyridine rings is 1. The lowest BCUT2D eigenvalue weighted by atomic mass is 9.92. The number of carbonyl (C=O) groups is 2. The molecule has 9 heteroatoms. The van der Waals surface area contributed by atoms with E-state index in [4.69, 9.17) is 14.2 Å². The van der Waals surface area contributed by atoms with E-state index in [1.807, 2.05) is 0 Å². The van der Waals surface area contributed by atoms with Gasteiger partial charge in [-0.05, 0) is 18.9 Å². The SMILES string of the molecule is COc1ccc(C(=O)N2CCCC(F)(C(=O)N3CCOCC3)C2)c(OC)n1. The molecule has 0 aliphatic carbocycles. The quantitative estimate of drug-likeness (QED) is 0.771. The molecule has 8 nitrogen and oxygen atoms in total. The Morgan fingerprint density at radius 3 is 2.56 bits per heavy atom. The molecule has 1 aromatic rings. The average Bonchev–Trinajstić information content (AvgIpc) is 2.72. The maximum absolute atomic E-state index is 15.5. The molecule has 2 aliphatic heterocycles. The van der Waals surface area contributed by atoms with Gasteiger partial charge >= 0.3 is 0 Å². The van der Waals surface area contributed by atoms with Crippen LogP contribution in [0.25, 0.3) is 0 Å². The van der Waals surface area contributed by atoms with Crippen LogP contribution in [0.15, 0.2) is 12.1 Å². The number of likely N-dealkylation sites (tertiary alicyclic amines) is 1. The predicted molar refractivity (Wildman–Crippen MR) is 93.7 cm³/mol. The molecule has 2 saturated heterocycles. The fourth-order valence-electron chi connectivity index (χ4n) is 3.43. The Kier molecular flexibility index (Phi) is 5.79. The molecule has 3 rings (SSSR count). The van der Waals surface area contributed by atoms with Gasteiger partial charge in [-0.1, -0.05) is 0 Å². The van der Waals surface area contributed by atoms with Crippen molar-refractivity contribution in [3.05, 3.63) is 17.7 Å². The molecule has 2 aliphatic rings. The number of halogens is 1. The molecule has 0 bridgehead atoms. The molecule has 0 saturated carbocycles. The Balaban J connectivity index is 1.77. The number of aromatic nitrogens is 1. The summed E-state index contributed by atoms with van der Waals surface area (Å²) in [5.41, 5.74) is -1.88. The number of hydrogen-bond acceptors (Lipinski definition) is 6. The Hall–Kier alpha value is -2.42. The molecule has 3 heterocycles. The van der Waals surface area contributed by atoms with Crippen molar-refractivity contribution in [3.8, 4) is 11.8 Å².